The first-order chi connectivity index (χ1) is 15.2. The van der Waals surface area contributed by atoms with Crippen LogP contribution in [-0.2, 0) is 4.79 Å². The normalized spacial score (nSPS) is 13.1. The van der Waals surface area contributed by atoms with Gasteiger partial charge in [0.25, 0.3) is 0 Å². The first-order valence-corrected chi connectivity index (χ1v) is 11.3. The van der Waals surface area contributed by atoms with Crippen LogP contribution in [0.5, 0.6) is 34.5 Å². The van der Waals surface area contributed by atoms with E-state index in [9.17, 15) is 35.4 Å². The van der Waals surface area contributed by atoms with E-state index in [1.54, 1.807) is 0 Å². The van der Waals surface area contributed by atoms with Gasteiger partial charge in [-0.25, -0.2) is 0 Å². The zero-order valence-electron chi connectivity index (χ0n) is 18.7. The van der Waals surface area contributed by atoms with Gasteiger partial charge >= 0.3 is 0 Å². The van der Waals surface area contributed by atoms with Gasteiger partial charge in [0.1, 0.15) is 5.78 Å². The number of carbonyl (C=O) groups excluding carboxylic acids is 1. The summed E-state index contributed by atoms with van der Waals surface area (Å²) in [5, 5.41) is 60.4. The van der Waals surface area contributed by atoms with E-state index < -0.39 is 46.3 Å². The minimum Gasteiger partial charge on any atom is -0.504 e. The zero-order valence-corrected chi connectivity index (χ0v) is 18.7. The maximum absolute atomic E-state index is 13.8. The molecule has 0 aliphatic carbocycles. The monoisotopic (exact) mass is 446 g/mol. The topological polar surface area (TPSA) is 138 Å². The van der Waals surface area contributed by atoms with E-state index in [-0.39, 0.29) is 16.9 Å². The van der Waals surface area contributed by atoms with Gasteiger partial charge in [0, 0.05) is 23.0 Å². The Morgan fingerprint density at radius 1 is 0.625 bits per heavy atom. The lowest BCUT2D eigenvalue weighted by Gasteiger charge is -2.25. The molecule has 7 heteroatoms. The summed E-state index contributed by atoms with van der Waals surface area (Å²) in [7, 11) is 0. The number of phenolic OH excluding ortho intramolecular Hbond substituents is 6. The van der Waals surface area contributed by atoms with Crippen LogP contribution in [0.25, 0.3) is 0 Å². The summed E-state index contributed by atoms with van der Waals surface area (Å²) in [5.74, 6) is -5.22. The predicted molar refractivity (Wildman–Crippen MR) is 122 cm³/mol. The molecule has 176 valence electrons. The third-order valence-electron chi connectivity index (χ3n) is 5.95. The Bertz CT molecular complexity index is 849. The second kappa shape index (κ2) is 11.5. The van der Waals surface area contributed by atoms with Crippen LogP contribution >= 0.6 is 0 Å². The van der Waals surface area contributed by atoms with E-state index >= 15 is 0 Å². The smallest absolute Gasteiger partial charge is 0.200 e. The fraction of sp³-hybridized carbons (Fsp3) is 0.480. The number of rotatable bonds is 12. The number of aromatic hydroxyl groups is 6. The van der Waals surface area contributed by atoms with Crippen LogP contribution < -0.4 is 0 Å². The Morgan fingerprint density at radius 3 is 1.34 bits per heavy atom. The molecule has 0 spiro atoms. The second-order valence-corrected chi connectivity index (χ2v) is 8.24. The van der Waals surface area contributed by atoms with E-state index in [1.807, 2.05) is 13.8 Å². The van der Waals surface area contributed by atoms with Crippen LogP contribution in [0.15, 0.2) is 24.3 Å². The van der Waals surface area contributed by atoms with Gasteiger partial charge in [0.15, 0.2) is 23.0 Å². The van der Waals surface area contributed by atoms with Crippen molar-refractivity contribution in [3.8, 4) is 34.5 Å². The molecule has 7 nitrogen and oxygen atoms in total. The molecule has 0 aliphatic heterocycles. The van der Waals surface area contributed by atoms with Gasteiger partial charge in [-0.3, -0.25) is 4.79 Å². The average Bonchev–Trinajstić information content (AvgIpc) is 2.78. The van der Waals surface area contributed by atoms with Crippen molar-refractivity contribution in [1.82, 2.24) is 0 Å². The Balaban J connectivity index is 2.53. The Kier molecular flexibility index (Phi) is 9.05. The van der Waals surface area contributed by atoms with Crippen molar-refractivity contribution < 1.29 is 35.4 Å². The van der Waals surface area contributed by atoms with Crippen molar-refractivity contribution in [2.45, 2.75) is 77.0 Å². The van der Waals surface area contributed by atoms with Crippen molar-refractivity contribution >= 4 is 5.78 Å². The number of Topliss-reactive ketones (excluding diaryl/α,β-unsaturated/α-hetero) is 1. The summed E-state index contributed by atoms with van der Waals surface area (Å²) in [6, 6.07) is 5.33. The van der Waals surface area contributed by atoms with E-state index in [0.29, 0.717) is 25.7 Å². The second-order valence-electron chi connectivity index (χ2n) is 8.24. The summed E-state index contributed by atoms with van der Waals surface area (Å²) >= 11 is 0. The minimum atomic E-state index is -0.782. The average molecular weight is 447 g/mol. The van der Waals surface area contributed by atoms with Gasteiger partial charge < -0.3 is 30.6 Å². The number of hydrogen-bond acceptors (Lipinski definition) is 7. The van der Waals surface area contributed by atoms with Crippen molar-refractivity contribution in [3.63, 3.8) is 0 Å². The summed E-state index contributed by atoms with van der Waals surface area (Å²) < 4.78 is 0. The Hall–Kier alpha value is -3.09. The van der Waals surface area contributed by atoms with Gasteiger partial charge in [0.2, 0.25) is 11.5 Å². The quantitative estimate of drug-likeness (QED) is 0.186. The van der Waals surface area contributed by atoms with Crippen LogP contribution in [0.3, 0.4) is 0 Å². The fourth-order valence-electron chi connectivity index (χ4n) is 4.07. The molecular weight excluding hydrogens is 412 g/mol. The van der Waals surface area contributed by atoms with Crippen molar-refractivity contribution in [2.75, 3.05) is 0 Å². The predicted octanol–water partition coefficient (Wildman–Crippen LogP) is 5.52. The number of ketones is 1. The molecule has 2 rings (SSSR count). The number of unbranched alkanes of at least 4 members (excludes halogenated alkanes) is 4. The first-order valence-electron chi connectivity index (χ1n) is 11.3. The number of carbonyl (C=O) groups is 1. The highest BCUT2D eigenvalue weighted by molar-refractivity contribution is 5.93. The first kappa shape index (κ1) is 25.2. The fourth-order valence-corrected chi connectivity index (χ4v) is 4.07. The largest absolute Gasteiger partial charge is 0.504 e. The molecule has 32 heavy (non-hydrogen) atoms. The molecule has 0 aromatic heterocycles. The highest BCUT2D eigenvalue weighted by atomic mass is 16.3. The third-order valence-corrected chi connectivity index (χ3v) is 5.95. The summed E-state index contributed by atoms with van der Waals surface area (Å²) in [4.78, 5) is 13.8. The molecule has 6 N–H and O–H groups in total. The Labute approximate surface area is 188 Å². The molecule has 2 aromatic carbocycles. The molecular formula is C25H34O7. The maximum atomic E-state index is 13.8. The van der Waals surface area contributed by atoms with Gasteiger partial charge in [-0.05, 0) is 25.0 Å². The number of benzene rings is 2. The van der Waals surface area contributed by atoms with E-state index in [2.05, 4.69) is 0 Å². The van der Waals surface area contributed by atoms with Crippen molar-refractivity contribution in [2.24, 2.45) is 0 Å². The summed E-state index contributed by atoms with van der Waals surface area (Å²) in [6.45, 7) is 4.07. The van der Waals surface area contributed by atoms with E-state index in [4.69, 9.17) is 0 Å². The summed E-state index contributed by atoms with van der Waals surface area (Å²) in [5.41, 5.74) is 0.425. The zero-order chi connectivity index (χ0) is 23.8. The molecule has 0 saturated heterocycles. The van der Waals surface area contributed by atoms with Crippen molar-refractivity contribution in [3.05, 3.63) is 35.4 Å². The molecule has 0 saturated carbocycles. The molecule has 0 aliphatic rings. The van der Waals surface area contributed by atoms with Crippen LogP contribution in [0.1, 0.15) is 88.2 Å². The molecule has 2 aromatic rings. The molecule has 0 bridgehead atoms. The molecule has 0 fully saturated rings. The lowest BCUT2D eigenvalue weighted by molar-refractivity contribution is -0.122. The van der Waals surface area contributed by atoms with Crippen LogP contribution in [0.2, 0.25) is 0 Å². The van der Waals surface area contributed by atoms with Gasteiger partial charge in [0.05, 0.1) is 0 Å². The minimum absolute atomic E-state index is 0.212. The van der Waals surface area contributed by atoms with Crippen LogP contribution in [0.4, 0.5) is 0 Å². The molecule has 0 heterocycles. The van der Waals surface area contributed by atoms with Crippen LogP contribution in [0, 0.1) is 0 Å². The van der Waals surface area contributed by atoms with Crippen LogP contribution in [-0.4, -0.2) is 36.4 Å². The molecule has 0 amide bonds. The van der Waals surface area contributed by atoms with Crippen molar-refractivity contribution in [1.29, 1.82) is 0 Å². The Morgan fingerprint density at radius 2 is 1.00 bits per heavy atom. The lowest BCUT2D eigenvalue weighted by atomic mass is 9.78. The highest BCUT2D eigenvalue weighted by Crippen LogP contribution is 2.47. The lowest BCUT2D eigenvalue weighted by Crippen LogP contribution is -2.21. The van der Waals surface area contributed by atoms with E-state index in [1.165, 1.54) is 24.3 Å². The molecule has 0 radical (unpaired) electrons. The SMILES string of the molecule is CCCCCC(C(=O)C(CCCCC)c1ccc(O)c(O)c1O)c1ccc(O)c(O)c1O. The maximum Gasteiger partial charge on any atom is 0.200 e. The standard InChI is InChI=1S/C25H34O7/c1-3-5-7-9-15(17-11-13-19(26)24(31)22(17)29)21(28)16(10-8-6-4-2)18-12-14-20(27)25(32)23(18)30/h11-16,26-27,29-32H,3-10H2,1-2H3. The van der Waals surface area contributed by atoms with Gasteiger partial charge in [-0.15, -0.1) is 0 Å². The highest BCUT2D eigenvalue weighted by Gasteiger charge is 2.33. The molecule has 2 unspecified atom stereocenters. The van der Waals surface area contributed by atoms with Gasteiger partial charge in [-0.1, -0.05) is 64.5 Å². The number of phenols is 6. The summed E-state index contributed by atoms with van der Waals surface area (Å²) in [6.07, 6.45) is 5.87. The van der Waals surface area contributed by atoms with E-state index in [0.717, 1.165) is 25.7 Å². The third kappa shape index (κ3) is 5.58. The number of hydrogen-bond donors (Lipinski definition) is 6. The molecule has 2 atom stereocenters. The van der Waals surface area contributed by atoms with Gasteiger partial charge in [-0.2, -0.15) is 0 Å².